The topological polar surface area (TPSA) is 105 Å². The smallest absolute Gasteiger partial charge is 0.328 e. The molecule has 144 valence electrons. The van der Waals surface area contributed by atoms with Gasteiger partial charge in [-0.15, -0.1) is 11.3 Å². The Morgan fingerprint density at radius 1 is 1.37 bits per heavy atom. The second kappa shape index (κ2) is 6.63. The first kappa shape index (κ1) is 18.0. The number of methoxy groups -OCH3 is 1. The van der Waals surface area contributed by atoms with Crippen LogP contribution in [0.3, 0.4) is 0 Å². The van der Waals surface area contributed by atoms with E-state index >= 15 is 0 Å². The van der Waals surface area contributed by atoms with Crippen LogP contribution in [-0.2, 0) is 24.7 Å². The van der Waals surface area contributed by atoms with Gasteiger partial charge in [-0.05, 0) is 49.0 Å². The average molecular weight is 391 g/mol. The Bertz CT molecular complexity index is 787. The van der Waals surface area contributed by atoms with Crippen molar-refractivity contribution in [1.82, 2.24) is 15.5 Å². The van der Waals surface area contributed by atoms with Crippen molar-refractivity contribution in [2.75, 3.05) is 13.7 Å². The lowest BCUT2D eigenvalue weighted by Gasteiger charge is -2.25. The molecule has 9 heteroatoms. The van der Waals surface area contributed by atoms with E-state index in [9.17, 15) is 19.2 Å². The first-order valence-electron chi connectivity index (χ1n) is 9.02. The molecular weight excluding hydrogens is 370 g/mol. The third-order valence-corrected chi connectivity index (χ3v) is 6.40. The summed E-state index contributed by atoms with van der Waals surface area (Å²) in [7, 11) is 1.27. The molecular formula is C18H21N3O5S. The fraction of sp³-hybridized carbons (Fsp3) is 0.556. The van der Waals surface area contributed by atoms with Crippen LogP contribution in [-0.4, -0.2) is 48.4 Å². The number of hydrogen-bond donors (Lipinski definition) is 2. The Kier molecular flexibility index (Phi) is 4.41. The summed E-state index contributed by atoms with van der Waals surface area (Å²) in [5.41, 5.74) is -1.07. The lowest BCUT2D eigenvalue weighted by molar-refractivity contribution is -0.146. The SMILES string of the molecule is COC(=O)C(NC(=O)CN1C(=O)NC(c2cccs2)(C2CC2)C1=O)C1CC1. The Balaban J connectivity index is 1.49. The maximum Gasteiger partial charge on any atom is 0.328 e. The molecule has 0 bridgehead atoms. The molecule has 2 unspecified atom stereocenters. The molecule has 0 spiro atoms. The van der Waals surface area contributed by atoms with E-state index in [0.717, 1.165) is 35.5 Å². The molecule has 2 atom stereocenters. The second-order valence-electron chi connectivity index (χ2n) is 7.29. The summed E-state index contributed by atoms with van der Waals surface area (Å²) in [5, 5.41) is 7.32. The van der Waals surface area contributed by atoms with Gasteiger partial charge in [0, 0.05) is 4.88 Å². The lowest BCUT2D eigenvalue weighted by atomic mass is 9.91. The largest absolute Gasteiger partial charge is 0.467 e. The molecule has 4 amide bonds. The molecule has 1 aliphatic heterocycles. The van der Waals surface area contributed by atoms with Crippen LogP contribution in [0.4, 0.5) is 4.79 Å². The molecule has 3 fully saturated rings. The fourth-order valence-corrected chi connectivity index (χ4v) is 4.64. The molecule has 0 aromatic carbocycles. The molecule has 3 aliphatic rings. The monoisotopic (exact) mass is 391 g/mol. The molecule has 2 aliphatic carbocycles. The van der Waals surface area contributed by atoms with Crippen LogP contribution < -0.4 is 10.6 Å². The summed E-state index contributed by atoms with van der Waals surface area (Å²) in [6.45, 7) is -0.412. The minimum Gasteiger partial charge on any atom is -0.467 e. The summed E-state index contributed by atoms with van der Waals surface area (Å²) in [6, 6.07) is 2.38. The van der Waals surface area contributed by atoms with Gasteiger partial charge in [-0.2, -0.15) is 0 Å². The number of thiophene rings is 1. The molecule has 1 aromatic rings. The Morgan fingerprint density at radius 2 is 2.11 bits per heavy atom. The highest BCUT2D eigenvalue weighted by Crippen LogP contribution is 2.50. The van der Waals surface area contributed by atoms with Crippen LogP contribution >= 0.6 is 11.3 Å². The zero-order valence-electron chi connectivity index (χ0n) is 14.9. The van der Waals surface area contributed by atoms with Crippen molar-refractivity contribution in [2.45, 2.75) is 37.3 Å². The highest BCUT2D eigenvalue weighted by Gasteiger charge is 2.61. The number of ether oxygens (including phenoxy) is 1. The van der Waals surface area contributed by atoms with Crippen molar-refractivity contribution >= 4 is 35.2 Å². The highest BCUT2D eigenvalue weighted by molar-refractivity contribution is 7.10. The van der Waals surface area contributed by atoms with Gasteiger partial charge < -0.3 is 15.4 Å². The molecule has 27 heavy (non-hydrogen) atoms. The minimum absolute atomic E-state index is 0.0509. The van der Waals surface area contributed by atoms with E-state index in [1.807, 2.05) is 17.5 Å². The molecule has 1 aromatic heterocycles. The molecule has 2 heterocycles. The van der Waals surface area contributed by atoms with Crippen molar-refractivity contribution in [3.8, 4) is 0 Å². The van der Waals surface area contributed by atoms with Crippen molar-refractivity contribution in [3.05, 3.63) is 22.4 Å². The molecule has 4 rings (SSSR count). The molecule has 1 saturated heterocycles. The molecule has 0 radical (unpaired) electrons. The van der Waals surface area contributed by atoms with Crippen LogP contribution in [0.15, 0.2) is 17.5 Å². The van der Waals surface area contributed by atoms with Crippen LogP contribution in [0.2, 0.25) is 0 Å². The van der Waals surface area contributed by atoms with Crippen molar-refractivity contribution in [2.24, 2.45) is 11.8 Å². The Hall–Kier alpha value is -2.42. The third-order valence-electron chi connectivity index (χ3n) is 5.40. The number of imide groups is 1. The number of rotatable bonds is 7. The van der Waals surface area contributed by atoms with Crippen LogP contribution in [0.25, 0.3) is 0 Å². The van der Waals surface area contributed by atoms with Crippen LogP contribution in [0, 0.1) is 11.8 Å². The Labute approximate surface area is 160 Å². The number of nitrogens with one attached hydrogen (secondary N) is 2. The van der Waals surface area contributed by atoms with Crippen LogP contribution in [0.5, 0.6) is 0 Å². The number of esters is 1. The summed E-state index contributed by atoms with van der Waals surface area (Å²) < 4.78 is 4.74. The van der Waals surface area contributed by atoms with Gasteiger partial charge in [0.15, 0.2) is 5.54 Å². The quantitative estimate of drug-likeness (QED) is 0.532. The summed E-state index contributed by atoms with van der Waals surface area (Å²) in [6.07, 6.45) is 3.39. The van der Waals surface area contributed by atoms with E-state index in [4.69, 9.17) is 4.74 Å². The van der Waals surface area contributed by atoms with Gasteiger partial charge in [0.05, 0.1) is 7.11 Å². The molecule has 2 saturated carbocycles. The standard InChI is InChI=1S/C18H21N3O5S/c1-26-15(23)14(10-4-5-10)19-13(22)9-21-16(24)18(11-6-7-11,20-17(21)25)12-3-2-8-27-12/h2-3,8,10-11,14H,4-7,9H2,1H3,(H,19,22)(H,20,25). The van der Waals surface area contributed by atoms with Crippen LogP contribution in [0.1, 0.15) is 30.6 Å². The third kappa shape index (κ3) is 3.09. The van der Waals surface area contributed by atoms with Gasteiger partial charge in [-0.1, -0.05) is 6.07 Å². The maximum absolute atomic E-state index is 13.2. The number of hydrogen-bond acceptors (Lipinski definition) is 6. The van der Waals surface area contributed by atoms with Gasteiger partial charge in [0.25, 0.3) is 5.91 Å². The zero-order valence-corrected chi connectivity index (χ0v) is 15.7. The average Bonchev–Trinajstić information content (AvgIpc) is 3.58. The van der Waals surface area contributed by atoms with E-state index in [1.54, 1.807) is 0 Å². The first-order valence-corrected chi connectivity index (χ1v) is 9.90. The highest BCUT2D eigenvalue weighted by atomic mass is 32.1. The predicted molar refractivity (Wildman–Crippen MR) is 95.6 cm³/mol. The predicted octanol–water partition coefficient (Wildman–Crippen LogP) is 0.973. The minimum atomic E-state index is -1.07. The van der Waals surface area contributed by atoms with Gasteiger partial charge in [0.2, 0.25) is 5.91 Å². The maximum atomic E-state index is 13.2. The number of carbonyl (C=O) groups excluding carboxylic acids is 4. The summed E-state index contributed by atoms with van der Waals surface area (Å²) >= 11 is 1.42. The normalized spacial score (nSPS) is 25.9. The van der Waals surface area contributed by atoms with Gasteiger partial charge in [0.1, 0.15) is 12.6 Å². The van der Waals surface area contributed by atoms with Gasteiger partial charge >= 0.3 is 12.0 Å². The van der Waals surface area contributed by atoms with E-state index in [0.29, 0.717) is 0 Å². The Morgan fingerprint density at radius 3 is 2.67 bits per heavy atom. The summed E-state index contributed by atoms with van der Waals surface area (Å²) in [5.74, 6) is -1.34. The first-order chi connectivity index (χ1) is 13.0. The number of urea groups is 1. The molecule has 2 N–H and O–H groups in total. The molecule has 8 nitrogen and oxygen atoms in total. The fourth-order valence-electron chi connectivity index (χ4n) is 3.69. The summed E-state index contributed by atoms with van der Waals surface area (Å²) in [4.78, 5) is 51.7. The lowest BCUT2D eigenvalue weighted by Crippen LogP contribution is -2.49. The van der Waals surface area contributed by atoms with Crippen molar-refractivity contribution in [3.63, 3.8) is 0 Å². The van der Waals surface area contributed by atoms with E-state index < -0.39 is 41.9 Å². The van der Waals surface area contributed by atoms with Crippen molar-refractivity contribution in [1.29, 1.82) is 0 Å². The van der Waals surface area contributed by atoms with E-state index in [2.05, 4.69) is 10.6 Å². The number of carbonyl (C=O) groups is 4. The van der Waals surface area contributed by atoms with Crippen molar-refractivity contribution < 1.29 is 23.9 Å². The zero-order chi connectivity index (χ0) is 19.2. The van der Waals surface area contributed by atoms with Gasteiger partial charge in [-0.25, -0.2) is 9.59 Å². The second-order valence-corrected chi connectivity index (χ2v) is 8.23. The van der Waals surface area contributed by atoms with Gasteiger partial charge in [-0.3, -0.25) is 14.5 Å². The van der Waals surface area contributed by atoms with E-state index in [-0.39, 0.29) is 11.8 Å². The number of amides is 4. The number of nitrogens with zero attached hydrogens (tertiary/aromatic N) is 1. The van der Waals surface area contributed by atoms with E-state index in [1.165, 1.54) is 18.4 Å².